The summed E-state index contributed by atoms with van der Waals surface area (Å²) in [4.78, 5) is 7.22. The summed E-state index contributed by atoms with van der Waals surface area (Å²) < 4.78 is 17.8. The Kier molecular flexibility index (Phi) is 5.67. The Morgan fingerprint density at radius 1 is 0.429 bits per heavy atom. The van der Waals surface area contributed by atoms with Gasteiger partial charge in [0.15, 0.2) is 5.58 Å². The SMILES string of the molecule is c1ccc2oc(-c3cccc4oc5ccc(N(c6ccc7c(c6)sc6ccccc67)c6ccc7c(c6)sc6ccccc67)cc5c34)nc2c1. The van der Waals surface area contributed by atoms with Crippen LogP contribution in [-0.2, 0) is 0 Å². The van der Waals surface area contributed by atoms with Crippen LogP contribution >= 0.6 is 22.7 Å². The van der Waals surface area contributed by atoms with Crippen molar-refractivity contribution in [3.63, 3.8) is 0 Å². The van der Waals surface area contributed by atoms with Crippen LogP contribution in [-0.4, -0.2) is 4.98 Å². The van der Waals surface area contributed by atoms with Gasteiger partial charge in [0.2, 0.25) is 5.89 Å². The minimum absolute atomic E-state index is 0.585. The molecule has 49 heavy (non-hydrogen) atoms. The summed E-state index contributed by atoms with van der Waals surface area (Å²) >= 11 is 3.68. The number of hydrogen-bond acceptors (Lipinski definition) is 6. The van der Waals surface area contributed by atoms with Gasteiger partial charge in [0.25, 0.3) is 0 Å². The minimum atomic E-state index is 0.585. The molecule has 0 amide bonds. The molecule has 0 radical (unpaired) electrons. The molecule has 0 saturated carbocycles. The van der Waals surface area contributed by atoms with Gasteiger partial charge >= 0.3 is 0 Å². The molecule has 0 aliphatic carbocycles. The molecule has 0 aliphatic heterocycles. The highest BCUT2D eigenvalue weighted by atomic mass is 32.1. The first-order valence-electron chi connectivity index (χ1n) is 16.2. The second-order valence-electron chi connectivity index (χ2n) is 12.3. The molecule has 0 unspecified atom stereocenters. The fourth-order valence-electron chi connectivity index (χ4n) is 7.27. The van der Waals surface area contributed by atoms with Crippen LogP contribution < -0.4 is 4.90 Å². The van der Waals surface area contributed by atoms with E-state index in [2.05, 4.69) is 114 Å². The van der Waals surface area contributed by atoms with Crippen LogP contribution in [0.1, 0.15) is 0 Å². The number of para-hydroxylation sites is 2. The number of hydrogen-bond donors (Lipinski definition) is 0. The molecule has 11 rings (SSSR count). The van der Waals surface area contributed by atoms with Gasteiger partial charge in [-0.05, 0) is 78.9 Å². The first-order valence-corrected chi connectivity index (χ1v) is 17.8. The second kappa shape index (κ2) is 10.3. The van der Waals surface area contributed by atoms with Crippen molar-refractivity contribution >= 4 is 113 Å². The summed E-state index contributed by atoms with van der Waals surface area (Å²) in [5.74, 6) is 0.585. The third-order valence-electron chi connectivity index (χ3n) is 9.50. The topological polar surface area (TPSA) is 42.4 Å². The van der Waals surface area contributed by atoms with Crippen LogP contribution in [0, 0.1) is 0 Å². The van der Waals surface area contributed by atoms with E-state index in [9.17, 15) is 0 Å². The van der Waals surface area contributed by atoms with E-state index in [1.54, 1.807) is 0 Å². The van der Waals surface area contributed by atoms with Gasteiger partial charge in [-0.3, -0.25) is 0 Å². The largest absolute Gasteiger partial charge is 0.456 e. The van der Waals surface area contributed by atoms with Gasteiger partial charge in [-0.1, -0.05) is 66.7 Å². The summed E-state index contributed by atoms with van der Waals surface area (Å²) in [7, 11) is 0. The van der Waals surface area contributed by atoms with E-state index in [0.717, 1.165) is 55.7 Å². The van der Waals surface area contributed by atoms with Crippen LogP contribution in [0.3, 0.4) is 0 Å². The fourth-order valence-corrected chi connectivity index (χ4v) is 9.55. The van der Waals surface area contributed by atoms with Crippen LogP contribution in [0.5, 0.6) is 0 Å². The molecule has 7 aromatic carbocycles. The lowest BCUT2D eigenvalue weighted by molar-refractivity contribution is 0.620. The van der Waals surface area contributed by atoms with Crippen LogP contribution in [0.4, 0.5) is 17.1 Å². The molecular formula is C43H24N2O2S2. The van der Waals surface area contributed by atoms with Crippen molar-refractivity contribution in [3.05, 3.63) is 146 Å². The summed E-state index contributed by atoms with van der Waals surface area (Å²) in [5.41, 5.74) is 7.39. The van der Waals surface area contributed by atoms with Gasteiger partial charge in [-0.15, -0.1) is 22.7 Å². The van der Waals surface area contributed by atoms with Crippen molar-refractivity contribution in [1.82, 2.24) is 4.98 Å². The Morgan fingerprint density at radius 2 is 1.02 bits per heavy atom. The molecule has 0 spiro atoms. The number of fused-ring (bicyclic) bond motifs is 10. The van der Waals surface area contributed by atoms with Gasteiger partial charge in [0, 0.05) is 73.7 Å². The Bertz CT molecular complexity index is 2940. The molecule has 0 atom stereocenters. The Morgan fingerprint density at radius 3 is 1.73 bits per heavy atom. The molecular weight excluding hydrogens is 641 g/mol. The molecule has 6 heteroatoms. The minimum Gasteiger partial charge on any atom is -0.456 e. The van der Waals surface area contributed by atoms with Crippen molar-refractivity contribution in [2.45, 2.75) is 0 Å². The fraction of sp³-hybridized carbons (Fsp3) is 0. The maximum Gasteiger partial charge on any atom is 0.228 e. The lowest BCUT2D eigenvalue weighted by Crippen LogP contribution is -2.09. The standard InChI is InChI=1S/C43H24N2O2S2/c1-5-14-38-28(8-1)30-19-16-26(23-40(30)48-38)45(27-17-20-31-29-9-2-6-15-39(29)49-41(31)24-27)25-18-21-35-33(22-25)42-32(10-7-13-37(42)46-35)43-44-34-11-3-4-12-36(34)47-43/h1-24H. The zero-order valence-electron chi connectivity index (χ0n) is 25.9. The summed E-state index contributed by atoms with van der Waals surface area (Å²) in [6.07, 6.45) is 0. The quantitative estimate of drug-likeness (QED) is 0.188. The Balaban J connectivity index is 1.15. The first kappa shape index (κ1) is 27.0. The molecule has 0 aliphatic rings. The van der Waals surface area contributed by atoms with Crippen LogP contribution in [0.2, 0.25) is 0 Å². The van der Waals surface area contributed by atoms with Crippen LogP contribution in [0.15, 0.2) is 154 Å². The monoisotopic (exact) mass is 664 g/mol. The molecule has 4 aromatic heterocycles. The molecule has 4 heterocycles. The third-order valence-corrected chi connectivity index (χ3v) is 11.8. The lowest BCUT2D eigenvalue weighted by atomic mass is 10.0. The number of thiophene rings is 2. The maximum atomic E-state index is 6.43. The first-order chi connectivity index (χ1) is 24.2. The predicted molar refractivity (Wildman–Crippen MR) is 207 cm³/mol. The van der Waals surface area contributed by atoms with E-state index < -0.39 is 0 Å². The predicted octanol–water partition coefficient (Wildman–Crippen LogP) is 13.6. The summed E-state index contributed by atoms with van der Waals surface area (Å²) in [5, 5.41) is 7.16. The van der Waals surface area contributed by atoms with E-state index in [1.807, 2.05) is 59.1 Å². The summed E-state index contributed by atoms with van der Waals surface area (Å²) in [6, 6.07) is 51.5. The Labute approximate surface area is 287 Å². The zero-order chi connectivity index (χ0) is 32.1. The third kappa shape index (κ3) is 4.11. The van der Waals surface area contributed by atoms with Gasteiger partial charge < -0.3 is 13.7 Å². The van der Waals surface area contributed by atoms with E-state index >= 15 is 0 Å². The number of anilines is 3. The molecule has 0 N–H and O–H groups in total. The number of rotatable bonds is 4. The number of nitrogens with zero attached hydrogens (tertiary/aromatic N) is 2. The van der Waals surface area contributed by atoms with Crippen molar-refractivity contribution in [1.29, 1.82) is 0 Å². The highest BCUT2D eigenvalue weighted by Crippen LogP contribution is 2.45. The number of oxazole rings is 1. The van der Waals surface area contributed by atoms with Gasteiger partial charge in [-0.25, -0.2) is 4.98 Å². The molecule has 0 fully saturated rings. The highest BCUT2D eigenvalue weighted by Gasteiger charge is 2.21. The van der Waals surface area contributed by atoms with Crippen molar-refractivity contribution in [2.75, 3.05) is 4.90 Å². The maximum absolute atomic E-state index is 6.43. The van der Waals surface area contributed by atoms with Crippen molar-refractivity contribution < 1.29 is 8.83 Å². The molecule has 230 valence electrons. The van der Waals surface area contributed by atoms with Crippen LogP contribution in [0.25, 0.3) is 84.8 Å². The summed E-state index contributed by atoms with van der Waals surface area (Å²) in [6.45, 7) is 0. The van der Waals surface area contributed by atoms with Crippen molar-refractivity contribution in [3.8, 4) is 11.5 Å². The highest BCUT2D eigenvalue weighted by molar-refractivity contribution is 7.26. The smallest absolute Gasteiger partial charge is 0.228 e. The molecule has 11 aromatic rings. The average Bonchev–Trinajstić information content (AvgIpc) is 3.92. The van der Waals surface area contributed by atoms with E-state index in [0.29, 0.717) is 5.89 Å². The number of aromatic nitrogens is 1. The number of furan rings is 1. The zero-order valence-corrected chi connectivity index (χ0v) is 27.5. The molecule has 4 nitrogen and oxygen atoms in total. The average molecular weight is 665 g/mol. The van der Waals surface area contributed by atoms with Gasteiger partial charge in [-0.2, -0.15) is 0 Å². The van der Waals surface area contributed by atoms with E-state index in [1.165, 1.54) is 40.3 Å². The van der Waals surface area contributed by atoms with Gasteiger partial charge in [0.05, 0.1) is 0 Å². The lowest BCUT2D eigenvalue weighted by Gasteiger charge is -2.26. The number of benzene rings is 7. The van der Waals surface area contributed by atoms with Crippen molar-refractivity contribution in [2.24, 2.45) is 0 Å². The Hall–Kier alpha value is -5.95. The molecule has 0 bridgehead atoms. The molecule has 0 saturated heterocycles. The van der Waals surface area contributed by atoms with E-state index in [-0.39, 0.29) is 0 Å². The van der Waals surface area contributed by atoms with E-state index in [4.69, 9.17) is 13.8 Å². The van der Waals surface area contributed by atoms with Gasteiger partial charge in [0.1, 0.15) is 16.7 Å². The second-order valence-corrected chi connectivity index (χ2v) is 14.5. The normalized spacial score (nSPS) is 12.1.